The molecule has 1 aliphatic carbocycles. The van der Waals surface area contributed by atoms with Crippen LogP contribution in [0.5, 0.6) is 5.75 Å². The number of benzene rings is 3. The summed E-state index contributed by atoms with van der Waals surface area (Å²) in [5.41, 5.74) is 3.49. The van der Waals surface area contributed by atoms with Crippen molar-refractivity contribution in [3.8, 4) is 28.2 Å². The molecule has 4 nitrogen and oxygen atoms in total. The van der Waals surface area contributed by atoms with Crippen molar-refractivity contribution in [2.75, 3.05) is 7.11 Å². The molecule has 0 aromatic heterocycles. The molecule has 2 aromatic carbocycles. The third-order valence-corrected chi connectivity index (χ3v) is 4.26. The second-order valence-electron chi connectivity index (χ2n) is 5.70. The van der Waals surface area contributed by atoms with Crippen molar-refractivity contribution in [1.29, 1.82) is 0 Å². The second-order valence-corrected chi connectivity index (χ2v) is 5.70. The smallest absolute Gasteiger partial charge is 0.182 e. The summed E-state index contributed by atoms with van der Waals surface area (Å²) >= 11 is 0. The Balaban J connectivity index is 2.20. The summed E-state index contributed by atoms with van der Waals surface area (Å²) in [5, 5.41) is 0.848. The molecule has 1 aliphatic heterocycles. The Morgan fingerprint density at radius 2 is 1.80 bits per heavy atom. The predicted molar refractivity (Wildman–Crippen MR) is 96.5 cm³/mol. The molecule has 0 atom stereocenters. The van der Waals surface area contributed by atoms with E-state index in [-0.39, 0.29) is 5.43 Å². The highest BCUT2D eigenvalue weighted by molar-refractivity contribution is 6.05. The van der Waals surface area contributed by atoms with Crippen LogP contribution in [0.15, 0.2) is 69.9 Å². The summed E-state index contributed by atoms with van der Waals surface area (Å²) in [6.45, 7) is 0. The van der Waals surface area contributed by atoms with E-state index >= 15 is 0 Å². The third kappa shape index (κ3) is 2.48. The van der Waals surface area contributed by atoms with Gasteiger partial charge in [0.25, 0.3) is 0 Å². The van der Waals surface area contributed by atoms with Crippen molar-refractivity contribution in [3.05, 3.63) is 76.5 Å². The maximum atomic E-state index is 11.8. The molecule has 1 heterocycles. The number of carbonyl (C=O) groups excluding carboxylic acids is 1. The number of aldehydes is 1. The first-order valence-electron chi connectivity index (χ1n) is 7.80. The molecule has 2 aromatic rings. The Morgan fingerprint density at radius 1 is 0.960 bits per heavy atom. The van der Waals surface area contributed by atoms with E-state index in [1.807, 2.05) is 30.3 Å². The first kappa shape index (κ1) is 15.1. The zero-order valence-electron chi connectivity index (χ0n) is 13.5. The molecule has 0 fully saturated rings. The van der Waals surface area contributed by atoms with E-state index in [1.54, 1.807) is 25.3 Å². The topological polar surface area (TPSA) is 56.5 Å². The van der Waals surface area contributed by atoms with Crippen LogP contribution in [0.4, 0.5) is 0 Å². The number of methoxy groups -OCH3 is 1. The van der Waals surface area contributed by atoms with Gasteiger partial charge in [-0.05, 0) is 29.8 Å². The molecule has 0 radical (unpaired) electrons. The number of fused-ring (bicyclic) bond motifs is 2. The lowest BCUT2D eigenvalue weighted by molar-refractivity contribution is 0.112. The molecular weight excluding hydrogens is 316 g/mol. The van der Waals surface area contributed by atoms with Gasteiger partial charge in [0, 0.05) is 34.2 Å². The minimum Gasteiger partial charge on any atom is -0.497 e. The number of rotatable bonds is 3. The van der Waals surface area contributed by atoms with Crippen LogP contribution < -0.4 is 10.2 Å². The van der Waals surface area contributed by atoms with E-state index in [2.05, 4.69) is 0 Å². The molecule has 2 aliphatic rings. The van der Waals surface area contributed by atoms with Gasteiger partial charge in [-0.2, -0.15) is 0 Å². The maximum absolute atomic E-state index is 11.8. The van der Waals surface area contributed by atoms with E-state index in [4.69, 9.17) is 9.15 Å². The van der Waals surface area contributed by atoms with Crippen molar-refractivity contribution < 1.29 is 13.9 Å². The molecule has 0 saturated carbocycles. The Morgan fingerprint density at radius 3 is 2.60 bits per heavy atom. The van der Waals surface area contributed by atoms with Gasteiger partial charge in [0.15, 0.2) is 11.7 Å². The highest BCUT2D eigenvalue weighted by Gasteiger charge is 2.19. The van der Waals surface area contributed by atoms with E-state index < -0.39 is 0 Å². The summed E-state index contributed by atoms with van der Waals surface area (Å²) in [7, 11) is 1.58. The van der Waals surface area contributed by atoms with Crippen molar-refractivity contribution in [2.24, 2.45) is 0 Å². The molecule has 4 rings (SSSR count). The second kappa shape index (κ2) is 5.91. The van der Waals surface area contributed by atoms with Gasteiger partial charge >= 0.3 is 0 Å². The lowest BCUT2D eigenvalue weighted by Gasteiger charge is -2.16. The van der Waals surface area contributed by atoms with Crippen LogP contribution in [0, 0.1) is 0 Å². The average Bonchev–Trinajstić information content (AvgIpc) is 2.65. The Kier molecular flexibility index (Phi) is 3.58. The lowest BCUT2D eigenvalue weighted by atomic mass is 9.91. The molecular formula is C21H14O4. The Labute approximate surface area is 143 Å². The standard InChI is InChI=1S/C21H14O4/c1-24-15-7-9-18-20(11-15)25-19-10-14(23)6-8-17(19)21(18)16-5-3-2-4-13(16)12-22/h2-12H,1H3. The van der Waals surface area contributed by atoms with E-state index in [9.17, 15) is 9.59 Å². The van der Waals surface area contributed by atoms with Gasteiger partial charge in [0.2, 0.25) is 0 Å². The van der Waals surface area contributed by atoms with Gasteiger partial charge in [-0.15, -0.1) is 0 Å². The molecule has 122 valence electrons. The lowest BCUT2D eigenvalue weighted by Crippen LogP contribution is -2.00. The molecule has 0 saturated heterocycles. The van der Waals surface area contributed by atoms with Crippen molar-refractivity contribution >= 4 is 17.3 Å². The molecule has 0 spiro atoms. The first-order chi connectivity index (χ1) is 12.2. The highest BCUT2D eigenvalue weighted by atomic mass is 16.5. The average molecular weight is 330 g/mol. The quantitative estimate of drug-likeness (QED) is 0.413. The van der Waals surface area contributed by atoms with Gasteiger partial charge in [-0.25, -0.2) is 0 Å². The van der Waals surface area contributed by atoms with Crippen molar-refractivity contribution in [1.82, 2.24) is 0 Å². The van der Waals surface area contributed by atoms with Crippen LogP contribution >= 0.6 is 0 Å². The summed E-state index contributed by atoms with van der Waals surface area (Å²) in [6.07, 6.45) is 0.836. The summed E-state index contributed by atoms with van der Waals surface area (Å²) in [4.78, 5) is 23.3. The van der Waals surface area contributed by atoms with Gasteiger partial charge < -0.3 is 9.15 Å². The molecule has 25 heavy (non-hydrogen) atoms. The number of ether oxygens (including phenoxy) is 1. The predicted octanol–water partition coefficient (Wildman–Crippen LogP) is 4.39. The fourth-order valence-electron chi connectivity index (χ4n) is 3.10. The third-order valence-electron chi connectivity index (χ3n) is 4.26. The maximum Gasteiger partial charge on any atom is 0.182 e. The van der Waals surface area contributed by atoms with E-state index in [1.165, 1.54) is 12.1 Å². The Bertz CT molecular complexity index is 1120. The first-order valence-corrected chi connectivity index (χ1v) is 7.80. The monoisotopic (exact) mass is 330 g/mol. The van der Waals surface area contributed by atoms with Crippen LogP contribution in [0.1, 0.15) is 10.4 Å². The Hall–Kier alpha value is -3.40. The van der Waals surface area contributed by atoms with Crippen LogP contribution in [0.3, 0.4) is 0 Å². The molecule has 4 heteroatoms. The molecule has 0 unspecified atom stereocenters. The fourth-order valence-corrected chi connectivity index (χ4v) is 3.10. The summed E-state index contributed by atoms with van der Waals surface area (Å²) < 4.78 is 11.2. The number of hydrogen-bond donors (Lipinski definition) is 0. The zero-order chi connectivity index (χ0) is 17.4. The summed E-state index contributed by atoms with van der Waals surface area (Å²) in [6, 6.07) is 17.6. The van der Waals surface area contributed by atoms with Crippen molar-refractivity contribution in [2.45, 2.75) is 0 Å². The van der Waals surface area contributed by atoms with Gasteiger partial charge in [-0.3, -0.25) is 9.59 Å². The zero-order valence-corrected chi connectivity index (χ0v) is 13.5. The van der Waals surface area contributed by atoms with Crippen LogP contribution in [-0.2, 0) is 0 Å². The SMILES string of the molecule is COc1ccc2c(-c3ccccc3C=O)c3ccc(=O)cc-3oc2c1. The van der Waals surface area contributed by atoms with Gasteiger partial charge in [0.05, 0.1) is 7.11 Å². The molecule has 0 amide bonds. The minimum atomic E-state index is -0.131. The van der Waals surface area contributed by atoms with Crippen molar-refractivity contribution in [3.63, 3.8) is 0 Å². The van der Waals surface area contributed by atoms with Gasteiger partial charge in [-0.1, -0.05) is 24.3 Å². The van der Waals surface area contributed by atoms with E-state index in [0.29, 0.717) is 22.7 Å². The molecule has 0 N–H and O–H groups in total. The van der Waals surface area contributed by atoms with Crippen LogP contribution in [0.25, 0.3) is 33.4 Å². The normalized spacial score (nSPS) is 10.9. The van der Waals surface area contributed by atoms with E-state index in [0.717, 1.165) is 28.4 Å². The largest absolute Gasteiger partial charge is 0.497 e. The molecule has 0 bridgehead atoms. The number of carbonyl (C=O) groups is 1. The minimum absolute atomic E-state index is 0.131. The summed E-state index contributed by atoms with van der Waals surface area (Å²) in [5.74, 6) is 1.13. The van der Waals surface area contributed by atoms with Crippen LogP contribution in [-0.4, -0.2) is 13.4 Å². The number of hydrogen-bond acceptors (Lipinski definition) is 4. The fraction of sp³-hybridized carbons (Fsp3) is 0.0476. The highest BCUT2D eigenvalue weighted by Crippen LogP contribution is 2.41. The van der Waals surface area contributed by atoms with Crippen LogP contribution in [0.2, 0.25) is 0 Å². The van der Waals surface area contributed by atoms with Gasteiger partial charge in [0.1, 0.15) is 17.1 Å².